The Morgan fingerprint density at radius 2 is 2.07 bits per heavy atom. The minimum absolute atomic E-state index is 0.218. The van der Waals surface area contributed by atoms with Crippen LogP contribution in [-0.2, 0) is 29.0 Å². The standard InChI is InChI=1S/C24H27BrN2O3/c1-3-16-7-5-10-23(19(16)14-24(28)29-4-2)30-15-21-20-13-17(25)11-12-22(20)27(26-21)18-8-6-9-18/h5,7,10-13,18H,3-4,6,8-9,14-15H2,1-2H3. The molecule has 158 valence electrons. The Kier molecular flexibility index (Phi) is 6.42. The van der Waals surface area contributed by atoms with Gasteiger partial charge in [0.1, 0.15) is 18.1 Å². The largest absolute Gasteiger partial charge is 0.487 e. The van der Waals surface area contributed by atoms with E-state index in [-0.39, 0.29) is 12.4 Å². The first kappa shape index (κ1) is 20.9. The Morgan fingerprint density at radius 3 is 2.77 bits per heavy atom. The summed E-state index contributed by atoms with van der Waals surface area (Å²) in [5.74, 6) is 0.496. The van der Waals surface area contributed by atoms with Crippen molar-refractivity contribution in [2.75, 3.05) is 6.61 Å². The van der Waals surface area contributed by atoms with Gasteiger partial charge in [-0.2, -0.15) is 5.10 Å². The third-order valence-corrected chi connectivity index (χ3v) is 6.26. The molecule has 0 amide bonds. The number of carbonyl (C=O) groups is 1. The van der Waals surface area contributed by atoms with Gasteiger partial charge in [-0.3, -0.25) is 9.48 Å². The van der Waals surface area contributed by atoms with Crippen LogP contribution in [0.15, 0.2) is 40.9 Å². The van der Waals surface area contributed by atoms with Gasteiger partial charge in [-0.05, 0) is 62.4 Å². The molecule has 1 aromatic heterocycles. The van der Waals surface area contributed by atoms with E-state index in [2.05, 4.69) is 45.7 Å². The number of nitrogens with zero attached hydrogens (tertiary/aromatic N) is 2. The second-order valence-electron chi connectivity index (χ2n) is 7.66. The van der Waals surface area contributed by atoms with Gasteiger partial charge in [-0.1, -0.05) is 35.0 Å². The SMILES string of the molecule is CCOC(=O)Cc1c(CC)cccc1OCc1nn(C2CCC2)c2ccc(Br)cc12. The highest BCUT2D eigenvalue weighted by molar-refractivity contribution is 9.10. The summed E-state index contributed by atoms with van der Waals surface area (Å²) in [5, 5.41) is 6.02. The molecule has 1 saturated carbocycles. The lowest BCUT2D eigenvalue weighted by Gasteiger charge is -2.26. The molecule has 5 nitrogen and oxygen atoms in total. The molecule has 0 spiro atoms. The van der Waals surface area contributed by atoms with E-state index in [0.29, 0.717) is 19.3 Å². The molecule has 0 bridgehead atoms. The Labute approximate surface area is 185 Å². The van der Waals surface area contributed by atoms with Crippen molar-refractivity contribution in [1.82, 2.24) is 9.78 Å². The zero-order chi connectivity index (χ0) is 21.1. The van der Waals surface area contributed by atoms with Gasteiger partial charge < -0.3 is 9.47 Å². The van der Waals surface area contributed by atoms with Gasteiger partial charge in [-0.15, -0.1) is 0 Å². The quantitative estimate of drug-likeness (QED) is 0.392. The number of rotatable bonds is 8. The molecule has 1 aliphatic carbocycles. The van der Waals surface area contributed by atoms with Gasteiger partial charge >= 0.3 is 5.97 Å². The molecule has 4 rings (SSSR count). The van der Waals surface area contributed by atoms with Crippen molar-refractivity contribution < 1.29 is 14.3 Å². The average molecular weight is 471 g/mol. The van der Waals surface area contributed by atoms with Gasteiger partial charge in [0, 0.05) is 15.4 Å². The topological polar surface area (TPSA) is 53.4 Å². The summed E-state index contributed by atoms with van der Waals surface area (Å²) in [7, 11) is 0. The molecular weight excluding hydrogens is 444 g/mol. The number of halogens is 1. The molecule has 3 aromatic rings. The third kappa shape index (κ3) is 4.24. The van der Waals surface area contributed by atoms with Crippen molar-refractivity contribution in [3.05, 3.63) is 57.7 Å². The number of aryl methyl sites for hydroxylation is 1. The number of hydrogen-bond donors (Lipinski definition) is 0. The van der Waals surface area contributed by atoms with E-state index >= 15 is 0 Å². The first-order chi connectivity index (χ1) is 14.6. The van der Waals surface area contributed by atoms with Crippen LogP contribution in [0.5, 0.6) is 5.75 Å². The maximum absolute atomic E-state index is 12.1. The lowest BCUT2D eigenvalue weighted by atomic mass is 9.93. The first-order valence-electron chi connectivity index (χ1n) is 10.7. The summed E-state index contributed by atoms with van der Waals surface area (Å²) in [4.78, 5) is 12.1. The summed E-state index contributed by atoms with van der Waals surface area (Å²) in [5.41, 5.74) is 4.08. The lowest BCUT2D eigenvalue weighted by Crippen LogP contribution is -2.18. The monoisotopic (exact) mass is 470 g/mol. The van der Waals surface area contributed by atoms with Crippen molar-refractivity contribution in [3.8, 4) is 5.75 Å². The van der Waals surface area contributed by atoms with Gasteiger partial charge in [0.2, 0.25) is 0 Å². The molecule has 2 aromatic carbocycles. The number of esters is 1. The Bertz CT molecular complexity index is 1060. The molecule has 0 unspecified atom stereocenters. The van der Waals surface area contributed by atoms with Gasteiger partial charge in [0.15, 0.2) is 0 Å². The zero-order valence-corrected chi connectivity index (χ0v) is 19.1. The van der Waals surface area contributed by atoms with E-state index in [9.17, 15) is 4.79 Å². The molecule has 1 aliphatic rings. The van der Waals surface area contributed by atoms with E-state index in [1.54, 1.807) is 0 Å². The van der Waals surface area contributed by atoms with Gasteiger partial charge in [-0.25, -0.2) is 0 Å². The predicted molar refractivity (Wildman–Crippen MR) is 121 cm³/mol. The molecule has 1 heterocycles. The molecule has 30 heavy (non-hydrogen) atoms. The number of carbonyl (C=O) groups excluding carboxylic acids is 1. The van der Waals surface area contributed by atoms with Crippen LogP contribution in [-0.4, -0.2) is 22.4 Å². The Hall–Kier alpha value is -2.34. The van der Waals surface area contributed by atoms with Crippen LogP contribution in [0.25, 0.3) is 10.9 Å². The minimum atomic E-state index is -0.230. The summed E-state index contributed by atoms with van der Waals surface area (Å²) in [6, 6.07) is 12.7. The van der Waals surface area contributed by atoms with Crippen LogP contribution in [0.2, 0.25) is 0 Å². The minimum Gasteiger partial charge on any atom is -0.487 e. The molecular formula is C24H27BrN2O3. The number of fused-ring (bicyclic) bond motifs is 1. The number of ether oxygens (including phenoxy) is 2. The predicted octanol–water partition coefficient (Wildman–Crippen LogP) is 5.77. The van der Waals surface area contributed by atoms with Crippen molar-refractivity contribution in [2.24, 2.45) is 0 Å². The normalized spacial score (nSPS) is 14.0. The molecule has 6 heteroatoms. The highest BCUT2D eigenvalue weighted by Crippen LogP contribution is 2.35. The summed E-state index contributed by atoms with van der Waals surface area (Å²) >= 11 is 3.58. The van der Waals surface area contributed by atoms with E-state index in [1.165, 1.54) is 19.3 Å². The van der Waals surface area contributed by atoms with Crippen molar-refractivity contribution in [3.63, 3.8) is 0 Å². The number of benzene rings is 2. The highest BCUT2D eigenvalue weighted by atomic mass is 79.9. The second kappa shape index (κ2) is 9.21. The average Bonchev–Trinajstić information content (AvgIpc) is 3.03. The van der Waals surface area contributed by atoms with Crippen LogP contribution in [0.4, 0.5) is 0 Å². The van der Waals surface area contributed by atoms with E-state index < -0.39 is 0 Å². The lowest BCUT2D eigenvalue weighted by molar-refractivity contribution is -0.142. The van der Waals surface area contributed by atoms with Crippen LogP contribution in [0.3, 0.4) is 0 Å². The number of aromatic nitrogens is 2. The summed E-state index contributed by atoms with van der Waals surface area (Å²) in [6.45, 7) is 4.64. The van der Waals surface area contributed by atoms with E-state index in [1.807, 2.05) is 25.1 Å². The fraction of sp³-hybridized carbons (Fsp3) is 0.417. The first-order valence-corrected chi connectivity index (χ1v) is 11.5. The second-order valence-corrected chi connectivity index (χ2v) is 8.57. The third-order valence-electron chi connectivity index (χ3n) is 5.77. The molecule has 0 N–H and O–H groups in total. The molecule has 0 aliphatic heterocycles. The number of hydrogen-bond acceptors (Lipinski definition) is 4. The maximum atomic E-state index is 12.1. The fourth-order valence-electron chi connectivity index (χ4n) is 3.97. The van der Waals surface area contributed by atoms with Gasteiger partial charge in [0.25, 0.3) is 0 Å². The molecule has 0 saturated heterocycles. The fourth-order valence-corrected chi connectivity index (χ4v) is 4.33. The highest BCUT2D eigenvalue weighted by Gasteiger charge is 2.24. The summed E-state index contributed by atoms with van der Waals surface area (Å²) in [6.07, 6.45) is 4.66. The Balaban J connectivity index is 1.63. The molecule has 0 radical (unpaired) electrons. The summed E-state index contributed by atoms with van der Waals surface area (Å²) < 4.78 is 14.6. The zero-order valence-electron chi connectivity index (χ0n) is 17.5. The Morgan fingerprint density at radius 1 is 1.23 bits per heavy atom. The molecule has 0 atom stereocenters. The van der Waals surface area contributed by atoms with Gasteiger partial charge in [0.05, 0.1) is 24.6 Å². The van der Waals surface area contributed by atoms with Crippen molar-refractivity contribution in [1.29, 1.82) is 0 Å². The smallest absolute Gasteiger partial charge is 0.310 e. The van der Waals surface area contributed by atoms with Crippen LogP contribution < -0.4 is 4.74 Å². The van der Waals surface area contributed by atoms with Crippen LogP contribution in [0, 0.1) is 0 Å². The maximum Gasteiger partial charge on any atom is 0.310 e. The van der Waals surface area contributed by atoms with Crippen molar-refractivity contribution >= 4 is 32.8 Å². The van der Waals surface area contributed by atoms with Crippen LogP contribution >= 0.6 is 15.9 Å². The van der Waals surface area contributed by atoms with Crippen molar-refractivity contribution in [2.45, 2.75) is 58.6 Å². The van der Waals surface area contributed by atoms with Crippen LogP contribution in [0.1, 0.15) is 56.0 Å². The molecule has 1 fully saturated rings. The van der Waals surface area contributed by atoms with E-state index in [4.69, 9.17) is 14.6 Å². The van der Waals surface area contributed by atoms with E-state index in [0.717, 1.165) is 44.4 Å².